The Hall–Kier alpha value is -0.610. The van der Waals surface area contributed by atoms with Gasteiger partial charge in [-0.15, -0.1) is 0 Å². The third-order valence-electron chi connectivity index (χ3n) is 2.53. The molecule has 16 heavy (non-hydrogen) atoms. The SMILES string of the molecule is CCCCCCOCCC(NC)C(=O)OC. The van der Waals surface area contributed by atoms with Crippen LogP contribution in [-0.2, 0) is 14.3 Å². The Morgan fingerprint density at radius 2 is 2.00 bits per heavy atom. The van der Waals surface area contributed by atoms with E-state index in [-0.39, 0.29) is 12.0 Å². The predicted octanol–water partition coefficient (Wildman–Crippen LogP) is 1.73. The van der Waals surface area contributed by atoms with Gasteiger partial charge in [0.05, 0.1) is 7.11 Å². The highest BCUT2D eigenvalue weighted by Gasteiger charge is 2.15. The van der Waals surface area contributed by atoms with E-state index < -0.39 is 0 Å². The van der Waals surface area contributed by atoms with E-state index in [4.69, 9.17) is 4.74 Å². The first kappa shape index (κ1) is 15.4. The summed E-state index contributed by atoms with van der Waals surface area (Å²) in [5.74, 6) is -0.225. The summed E-state index contributed by atoms with van der Waals surface area (Å²) in [6.07, 6.45) is 5.50. The maximum atomic E-state index is 11.2. The van der Waals surface area contributed by atoms with Crippen LogP contribution in [0.2, 0.25) is 0 Å². The largest absolute Gasteiger partial charge is 0.468 e. The van der Waals surface area contributed by atoms with Crippen LogP contribution < -0.4 is 5.32 Å². The molecule has 1 N–H and O–H groups in total. The molecule has 0 saturated carbocycles. The summed E-state index contributed by atoms with van der Waals surface area (Å²) >= 11 is 0. The average Bonchev–Trinajstić information content (AvgIpc) is 2.32. The Morgan fingerprint density at radius 1 is 1.25 bits per heavy atom. The second-order valence-corrected chi connectivity index (χ2v) is 3.83. The Labute approximate surface area is 98.7 Å². The summed E-state index contributed by atoms with van der Waals surface area (Å²) in [7, 11) is 3.15. The van der Waals surface area contributed by atoms with Gasteiger partial charge in [-0.2, -0.15) is 0 Å². The van der Waals surface area contributed by atoms with Crippen LogP contribution in [0, 0.1) is 0 Å². The molecule has 0 aliphatic carbocycles. The average molecular weight is 231 g/mol. The van der Waals surface area contributed by atoms with Crippen molar-refractivity contribution in [3.05, 3.63) is 0 Å². The van der Waals surface area contributed by atoms with Crippen LogP contribution >= 0.6 is 0 Å². The topological polar surface area (TPSA) is 47.6 Å². The summed E-state index contributed by atoms with van der Waals surface area (Å²) in [6.45, 7) is 3.58. The van der Waals surface area contributed by atoms with Gasteiger partial charge in [0.1, 0.15) is 6.04 Å². The minimum Gasteiger partial charge on any atom is -0.468 e. The molecule has 1 unspecified atom stereocenters. The van der Waals surface area contributed by atoms with Gasteiger partial charge in [-0.25, -0.2) is 0 Å². The molecule has 0 aromatic carbocycles. The number of carbonyl (C=O) groups excluding carboxylic acids is 1. The van der Waals surface area contributed by atoms with Gasteiger partial charge in [-0.05, 0) is 19.9 Å². The van der Waals surface area contributed by atoms with E-state index >= 15 is 0 Å². The standard InChI is InChI=1S/C12H25NO3/c1-4-5-6-7-9-16-10-8-11(13-2)12(14)15-3/h11,13H,4-10H2,1-3H3. The van der Waals surface area contributed by atoms with Crippen LogP contribution in [0.3, 0.4) is 0 Å². The van der Waals surface area contributed by atoms with Crippen LogP contribution in [0.25, 0.3) is 0 Å². The van der Waals surface area contributed by atoms with Gasteiger partial charge in [0, 0.05) is 13.2 Å². The fourth-order valence-corrected chi connectivity index (χ4v) is 1.46. The Kier molecular flexibility index (Phi) is 10.5. The molecule has 0 heterocycles. The Balaban J connectivity index is 3.38. The molecule has 0 fully saturated rings. The molecule has 0 aromatic heterocycles. The molecule has 1 atom stereocenters. The minimum absolute atomic E-state index is 0.225. The second-order valence-electron chi connectivity index (χ2n) is 3.83. The fourth-order valence-electron chi connectivity index (χ4n) is 1.46. The zero-order valence-electron chi connectivity index (χ0n) is 10.8. The van der Waals surface area contributed by atoms with Gasteiger partial charge in [0.25, 0.3) is 0 Å². The van der Waals surface area contributed by atoms with Crippen molar-refractivity contribution in [2.24, 2.45) is 0 Å². The molecule has 0 amide bonds. The molecule has 0 saturated heterocycles. The molecule has 4 nitrogen and oxygen atoms in total. The highest BCUT2D eigenvalue weighted by atomic mass is 16.5. The summed E-state index contributed by atoms with van der Waals surface area (Å²) in [5, 5.41) is 2.91. The van der Waals surface area contributed by atoms with Gasteiger partial charge in [0.15, 0.2) is 0 Å². The van der Waals surface area contributed by atoms with Crippen LogP contribution in [0.15, 0.2) is 0 Å². The predicted molar refractivity (Wildman–Crippen MR) is 64.4 cm³/mol. The van der Waals surface area contributed by atoms with Crippen LogP contribution in [-0.4, -0.2) is 39.4 Å². The van der Waals surface area contributed by atoms with Crippen LogP contribution in [0.1, 0.15) is 39.0 Å². The molecule has 0 aromatic rings. The number of carbonyl (C=O) groups is 1. The van der Waals surface area contributed by atoms with E-state index in [0.29, 0.717) is 13.0 Å². The number of ether oxygens (including phenoxy) is 2. The third kappa shape index (κ3) is 7.65. The Bertz CT molecular complexity index is 174. The molecule has 0 aliphatic rings. The zero-order chi connectivity index (χ0) is 12.2. The Morgan fingerprint density at radius 3 is 2.56 bits per heavy atom. The smallest absolute Gasteiger partial charge is 0.322 e. The van der Waals surface area contributed by atoms with Crippen molar-refractivity contribution in [1.29, 1.82) is 0 Å². The molecule has 96 valence electrons. The number of likely N-dealkylation sites (N-methyl/N-ethyl adjacent to an activating group) is 1. The summed E-state index contributed by atoms with van der Waals surface area (Å²) in [4.78, 5) is 11.2. The van der Waals surface area contributed by atoms with Crippen molar-refractivity contribution in [1.82, 2.24) is 5.32 Å². The first-order valence-electron chi connectivity index (χ1n) is 6.09. The maximum Gasteiger partial charge on any atom is 0.322 e. The molecule has 0 rings (SSSR count). The van der Waals surface area contributed by atoms with Crippen molar-refractivity contribution in [2.45, 2.75) is 45.1 Å². The molecule has 0 aliphatic heterocycles. The van der Waals surface area contributed by atoms with E-state index in [1.165, 1.54) is 26.4 Å². The normalized spacial score (nSPS) is 12.4. The number of unbranched alkanes of at least 4 members (excludes halogenated alkanes) is 3. The lowest BCUT2D eigenvalue weighted by atomic mass is 10.2. The fraction of sp³-hybridized carbons (Fsp3) is 0.917. The van der Waals surface area contributed by atoms with Gasteiger partial charge in [-0.3, -0.25) is 4.79 Å². The van der Waals surface area contributed by atoms with Gasteiger partial charge >= 0.3 is 5.97 Å². The number of rotatable bonds is 10. The second kappa shape index (κ2) is 10.9. The maximum absolute atomic E-state index is 11.2. The van der Waals surface area contributed by atoms with Crippen molar-refractivity contribution in [3.63, 3.8) is 0 Å². The summed E-state index contributed by atoms with van der Waals surface area (Å²) in [5.41, 5.74) is 0. The van der Waals surface area contributed by atoms with Crippen molar-refractivity contribution < 1.29 is 14.3 Å². The van der Waals surface area contributed by atoms with Gasteiger partial charge in [0.2, 0.25) is 0 Å². The van der Waals surface area contributed by atoms with E-state index in [1.54, 1.807) is 7.05 Å². The van der Waals surface area contributed by atoms with Crippen molar-refractivity contribution in [3.8, 4) is 0 Å². The number of hydrogen-bond acceptors (Lipinski definition) is 4. The highest BCUT2D eigenvalue weighted by molar-refractivity contribution is 5.75. The van der Waals surface area contributed by atoms with Gasteiger partial charge < -0.3 is 14.8 Å². The van der Waals surface area contributed by atoms with Crippen molar-refractivity contribution in [2.75, 3.05) is 27.4 Å². The first-order chi connectivity index (χ1) is 7.76. The zero-order valence-corrected chi connectivity index (χ0v) is 10.8. The lowest BCUT2D eigenvalue weighted by molar-refractivity contribution is -0.143. The molecular weight excluding hydrogens is 206 g/mol. The van der Waals surface area contributed by atoms with E-state index in [9.17, 15) is 4.79 Å². The number of methoxy groups -OCH3 is 1. The molecule has 0 radical (unpaired) electrons. The molecule has 0 bridgehead atoms. The van der Waals surface area contributed by atoms with E-state index in [0.717, 1.165) is 13.0 Å². The van der Waals surface area contributed by atoms with E-state index in [2.05, 4.69) is 17.0 Å². The molecule has 4 heteroatoms. The number of nitrogens with one attached hydrogen (secondary N) is 1. The van der Waals surface area contributed by atoms with Crippen molar-refractivity contribution >= 4 is 5.97 Å². The molecule has 0 spiro atoms. The van der Waals surface area contributed by atoms with Crippen LogP contribution in [0.4, 0.5) is 0 Å². The number of hydrogen-bond donors (Lipinski definition) is 1. The lowest BCUT2D eigenvalue weighted by Crippen LogP contribution is -2.36. The summed E-state index contributed by atoms with van der Waals surface area (Å²) in [6, 6.07) is -0.249. The van der Waals surface area contributed by atoms with Gasteiger partial charge in [-0.1, -0.05) is 26.2 Å². The number of esters is 1. The first-order valence-corrected chi connectivity index (χ1v) is 6.09. The lowest BCUT2D eigenvalue weighted by Gasteiger charge is -2.13. The minimum atomic E-state index is -0.249. The van der Waals surface area contributed by atoms with E-state index in [1.807, 2.05) is 0 Å². The highest BCUT2D eigenvalue weighted by Crippen LogP contribution is 2.00. The monoisotopic (exact) mass is 231 g/mol. The molecular formula is C12H25NO3. The quantitative estimate of drug-likeness (QED) is 0.459. The summed E-state index contributed by atoms with van der Waals surface area (Å²) < 4.78 is 10.1. The third-order valence-corrected chi connectivity index (χ3v) is 2.53. The van der Waals surface area contributed by atoms with Crippen LogP contribution in [0.5, 0.6) is 0 Å².